The largest absolute Gasteiger partial charge is 0.444 e. The van der Waals surface area contributed by atoms with E-state index in [4.69, 9.17) is 4.74 Å². The standard InChI is InChI=1S/C18H25NO2/c1-18(2,3)21-17(20)19-12-14-9-10-15(19)11-16(14)13-7-5-4-6-8-13/h4-8,14-16H,9-12H2,1-3H3. The maximum atomic E-state index is 12.4. The molecule has 2 heterocycles. The van der Waals surface area contributed by atoms with Crippen LogP contribution >= 0.6 is 0 Å². The molecule has 1 aromatic rings. The van der Waals surface area contributed by atoms with Crippen LogP contribution in [0.3, 0.4) is 0 Å². The van der Waals surface area contributed by atoms with Crippen molar-refractivity contribution >= 4 is 6.09 Å². The van der Waals surface area contributed by atoms with Crippen molar-refractivity contribution < 1.29 is 9.53 Å². The van der Waals surface area contributed by atoms with Crippen LogP contribution < -0.4 is 0 Å². The second-order valence-electron chi connectivity index (χ2n) is 7.38. The molecule has 2 saturated heterocycles. The van der Waals surface area contributed by atoms with E-state index >= 15 is 0 Å². The van der Waals surface area contributed by atoms with Gasteiger partial charge in [-0.05, 0) is 57.4 Å². The molecule has 0 radical (unpaired) electrons. The summed E-state index contributed by atoms with van der Waals surface area (Å²) in [7, 11) is 0. The highest BCUT2D eigenvalue weighted by molar-refractivity contribution is 5.69. The molecular formula is C18H25NO2. The number of hydrogen-bond donors (Lipinski definition) is 0. The molecule has 2 bridgehead atoms. The van der Waals surface area contributed by atoms with E-state index in [9.17, 15) is 4.79 Å². The second kappa shape index (κ2) is 5.36. The fourth-order valence-corrected chi connectivity index (χ4v) is 3.77. The third-order valence-corrected chi connectivity index (χ3v) is 4.69. The Labute approximate surface area is 127 Å². The van der Waals surface area contributed by atoms with Gasteiger partial charge in [-0.3, -0.25) is 0 Å². The van der Waals surface area contributed by atoms with E-state index in [0.29, 0.717) is 17.9 Å². The summed E-state index contributed by atoms with van der Waals surface area (Å²) >= 11 is 0. The summed E-state index contributed by atoms with van der Waals surface area (Å²) < 4.78 is 5.56. The van der Waals surface area contributed by atoms with E-state index in [-0.39, 0.29) is 6.09 Å². The SMILES string of the molecule is CC(C)(C)OC(=O)N1CC2CCC1CC2c1ccccc1. The Morgan fingerprint density at radius 1 is 1.19 bits per heavy atom. The van der Waals surface area contributed by atoms with E-state index in [1.807, 2.05) is 25.7 Å². The molecule has 3 nitrogen and oxygen atoms in total. The zero-order chi connectivity index (χ0) is 15.0. The Bertz CT molecular complexity index is 506. The molecule has 1 aliphatic carbocycles. The van der Waals surface area contributed by atoms with Gasteiger partial charge in [-0.15, -0.1) is 0 Å². The molecule has 3 unspecified atom stereocenters. The number of hydrogen-bond acceptors (Lipinski definition) is 2. The fourth-order valence-electron chi connectivity index (χ4n) is 3.77. The van der Waals surface area contributed by atoms with E-state index in [1.165, 1.54) is 12.0 Å². The van der Waals surface area contributed by atoms with Crippen LogP contribution in [-0.4, -0.2) is 29.2 Å². The first-order valence-electron chi connectivity index (χ1n) is 7.98. The summed E-state index contributed by atoms with van der Waals surface area (Å²) in [5, 5.41) is 0. The highest BCUT2D eigenvalue weighted by Crippen LogP contribution is 2.45. The first-order chi connectivity index (χ1) is 9.94. The van der Waals surface area contributed by atoms with Crippen LogP contribution in [0.25, 0.3) is 0 Å². The molecule has 21 heavy (non-hydrogen) atoms. The van der Waals surface area contributed by atoms with Crippen molar-refractivity contribution in [3.8, 4) is 0 Å². The minimum Gasteiger partial charge on any atom is -0.444 e. The normalized spacial score (nSPS) is 28.5. The zero-order valence-corrected chi connectivity index (χ0v) is 13.2. The lowest BCUT2D eigenvalue weighted by Crippen LogP contribution is -2.54. The number of ether oxygens (including phenoxy) is 1. The molecule has 1 saturated carbocycles. The molecule has 3 aliphatic rings. The fraction of sp³-hybridized carbons (Fsp3) is 0.611. The lowest BCUT2D eigenvalue weighted by molar-refractivity contribution is -0.0180. The molecule has 2 aliphatic heterocycles. The topological polar surface area (TPSA) is 29.5 Å². The summed E-state index contributed by atoms with van der Waals surface area (Å²) in [6.07, 6.45) is 3.29. The van der Waals surface area contributed by atoms with Crippen LogP contribution in [0.5, 0.6) is 0 Å². The van der Waals surface area contributed by atoms with Crippen LogP contribution in [0, 0.1) is 5.92 Å². The monoisotopic (exact) mass is 287 g/mol. The Morgan fingerprint density at radius 3 is 2.48 bits per heavy atom. The minimum atomic E-state index is -0.410. The molecule has 0 aromatic heterocycles. The van der Waals surface area contributed by atoms with E-state index < -0.39 is 5.60 Å². The summed E-state index contributed by atoms with van der Waals surface area (Å²) in [5.41, 5.74) is 1.02. The van der Waals surface area contributed by atoms with Crippen molar-refractivity contribution in [2.24, 2.45) is 5.92 Å². The average Bonchev–Trinajstić information content (AvgIpc) is 2.47. The predicted molar refractivity (Wildman–Crippen MR) is 83.3 cm³/mol. The molecular weight excluding hydrogens is 262 g/mol. The van der Waals surface area contributed by atoms with Gasteiger partial charge in [-0.1, -0.05) is 30.3 Å². The van der Waals surface area contributed by atoms with E-state index in [1.54, 1.807) is 0 Å². The molecule has 3 atom stereocenters. The Hall–Kier alpha value is -1.51. The number of carbonyl (C=O) groups excluding carboxylic acids is 1. The molecule has 1 aromatic carbocycles. The van der Waals surface area contributed by atoms with Gasteiger partial charge in [-0.2, -0.15) is 0 Å². The van der Waals surface area contributed by atoms with Gasteiger partial charge in [0.1, 0.15) is 5.60 Å². The molecule has 0 spiro atoms. The van der Waals surface area contributed by atoms with Crippen molar-refractivity contribution in [2.75, 3.05) is 6.54 Å². The third kappa shape index (κ3) is 3.07. The first kappa shape index (κ1) is 14.4. The van der Waals surface area contributed by atoms with Gasteiger partial charge in [-0.25, -0.2) is 4.79 Å². The Kier molecular flexibility index (Phi) is 3.68. The van der Waals surface area contributed by atoms with Crippen LogP contribution in [0.4, 0.5) is 4.79 Å². The number of rotatable bonds is 1. The average molecular weight is 287 g/mol. The van der Waals surface area contributed by atoms with E-state index in [0.717, 1.165) is 19.4 Å². The van der Waals surface area contributed by atoms with Gasteiger partial charge in [0, 0.05) is 12.6 Å². The maximum Gasteiger partial charge on any atom is 0.410 e. The first-order valence-corrected chi connectivity index (χ1v) is 7.98. The smallest absolute Gasteiger partial charge is 0.410 e. The highest BCUT2D eigenvalue weighted by Gasteiger charge is 2.43. The zero-order valence-electron chi connectivity index (χ0n) is 13.2. The Morgan fingerprint density at radius 2 is 1.90 bits per heavy atom. The van der Waals surface area contributed by atoms with Gasteiger partial charge < -0.3 is 9.64 Å². The van der Waals surface area contributed by atoms with Crippen molar-refractivity contribution in [1.82, 2.24) is 4.90 Å². The van der Waals surface area contributed by atoms with Gasteiger partial charge >= 0.3 is 6.09 Å². The van der Waals surface area contributed by atoms with Crippen LogP contribution in [0.2, 0.25) is 0 Å². The van der Waals surface area contributed by atoms with Crippen molar-refractivity contribution in [2.45, 2.75) is 57.6 Å². The van der Waals surface area contributed by atoms with Gasteiger partial charge in [0.2, 0.25) is 0 Å². The molecule has 114 valence electrons. The second-order valence-corrected chi connectivity index (χ2v) is 7.38. The van der Waals surface area contributed by atoms with Crippen molar-refractivity contribution in [1.29, 1.82) is 0 Å². The lowest BCUT2D eigenvalue weighted by atomic mass is 9.69. The van der Waals surface area contributed by atoms with Crippen molar-refractivity contribution in [3.05, 3.63) is 35.9 Å². The van der Waals surface area contributed by atoms with Crippen LogP contribution in [0.15, 0.2) is 30.3 Å². The molecule has 4 rings (SSSR count). The molecule has 3 heteroatoms. The van der Waals surface area contributed by atoms with Crippen molar-refractivity contribution in [3.63, 3.8) is 0 Å². The summed E-state index contributed by atoms with van der Waals surface area (Å²) in [6, 6.07) is 11.1. The summed E-state index contributed by atoms with van der Waals surface area (Å²) in [5.74, 6) is 1.17. The summed E-state index contributed by atoms with van der Waals surface area (Å²) in [4.78, 5) is 14.3. The number of nitrogens with zero attached hydrogens (tertiary/aromatic N) is 1. The maximum absolute atomic E-state index is 12.4. The number of amides is 1. The molecule has 1 amide bonds. The minimum absolute atomic E-state index is 0.135. The van der Waals surface area contributed by atoms with Gasteiger partial charge in [0.05, 0.1) is 0 Å². The van der Waals surface area contributed by atoms with Crippen LogP contribution in [0.1, 0.15) is 51.5 Å². The number of piperidine rings is 2. The lowest BCUT2D eigenvalue weighted by Gasteiger charge is -2.49. The van der Waals surface area contributed by atoms with Gasteiger partial charge in [0.15, 0.2) is 0 Å². The Balaban J connectivity index is 1.71. The predicted octanol–water partition coefficient (Wildman–Crippen LogP) is 4.19. The van der Waals surface area contributed by atoms with Gasteiger partial charge in [0.25, 0.3) is 0 Å². The number of carbonyl (C=O) groups is 1. The summed E-state index contributed by atoms with van der Waals surface area (Å²) in [6.45, 7) is 6.64. The quantitative estimate of drug-likeness (QED) is 0.775. The number of fused-ring (bicyclic) bond motifs is 3. The third-order valence-electron chi connectivity index (χ3n) is 4.69. The highest BCUT2D eigenvalue weighted by atomic mass is 16.6. The van der Waals surface area contributed by atoms with E-state index in [2.05, 4.69) is 30.3 Å². The molecule has 3 fully saturated rings. The molecule has 0 N–H and O–H groups in total. The van der Waals surface area contributed by atoms with Crippen LogP contribution in [-0.2, 0) is 4.74 Å². The number of benzene rings is 1.